The molecule has 1 aliphatic rings. The molecule has 0 bridgehead atoms. The summed E-state index contributed by atoms with van der Waals surface area (Å²) in [6.45, 7) is 1.63. The number of hydrogen-bond donors (Lipinski definition) is 1. The highest BCUT2D eigenvalue weighted by molar-refractivity contribution is 8.18. The van der Waals surface area contributed by atoms with E-state index in [4.69, 9.17) is 4.74 Å². The van der Waals surface area contributed by atoms with Gasteiger partial charge in [0.1, 0.15) is 24.7 Å². The summed E-state index contributed by atoms with van der Waals surface area (Å²) in [6.07, 6.45) is 1.59. The van der Waals surface area contributed by atoms with E-state index < -0.39 is 17.1 Å². The number of amides is 3. The molecule has 34 heavy (non-hydrogen) atoms. The minimum Gasteiger partial charge on any atom is -0.489 e. The van der Waals surface area contributed by atoms with Crippen LogP contribution in [-0.4, -0.2) is 28.5 Å². The van der Waals surface area contributed by atoms with E-state index in [-0.39, 0.29) is 23.9 Å². The van der Waals surface area contributed by atoms with Crippen LogP contribution >= 0.6 is 11.8 Å². The van der Waals surface area contributed by atoms with Crippen molar-refractivity contribution in [3.8, 4) is 5.75 Å². The van der Waals surface area contributed by atoms with Crippen LogP contribution in [0.2, 0.25) is 0 Å². The lowest BCUT2D eigenvalue weighted by atomic mass is 10.2. The molecule has 172 valence electrons. The standard InChI is InChI=1S/C26H21FN2O4S/c1-17-5-4-7-20(13-17)28-24(30)15-29-25(31)23(34-26(29)32)14-18-9-11-21(12-10-18)33-16-19-6-2-3-8-22(19)27/h2-14H,15-16H2,1H3,(H,28,30)/b23-14+. The van der Waals surface area contributed by atoms with Gasteiger partial charge in [-0.15, -0.1) is 0 Å². The fourth-order valence-corrected chi connectivity index (χ4v) is 4.13. The molecule has 1 N–H and O–H groups in total. The van der Waals surface area contributed by atoms with Crippen LogP contribution in [0.15, 0.2) is 77.7 Å². The number of ether oxygens (including phenoxy) is 1. The van der Waals surface area contributed by atoms with E-state index in [2.05, 4.69) is 5.32 Å². The molecule has 1 fully saturated rings. The molecule has 4 rings (SSSR count). The van der Waals surface area contributed by atoms with E-state index in [1.165, 1.54) is 6.07 Å². The highest BCUT2D eigenvalue weighted by Gasteiger charge is 2.36. The number of imide groups is 1. The third-order valence-electron chi connectivity index (χ3n) is 5.01. The topological polar surface area (TPSA) is 75.7 Å². The minimum atomic E-state index is -0.519. The first-order chi connectivity index (χ1) is 16.4. The number of nitrogens with one attached hydrogen (secondary N) is 1. The van der Waals surface area contributed by atoms with E-state index in [0.29, 0.717) is 22.6 Å². The lowest BCUT2D eigenvalue weighted by Crippen LogP contribution is -2.36. The number of aryl methyl sites for hydroxylation is 1. The molecule has 0 radical (unpaired) electrons. The molecule has 6 nitrogen and oxygen atoms in total. The maximum Gasteiger partial charge on any atom is 0.294 e. The molecule has 0 atom stereocenters. The molecule has 0 aliphatic carbocycles. The average molecular weight is 477 g/mol. The maximum absolute atomic E-state index is 13.7. The summed E-state index contributed by atoms with van der Waals surface area (Å²) < 4.78 is 19.3. The predicted octanol–water partition coefficient (Wildman–Crippen LogP) is 5.39. The van der Waals surface area contributed by atoms with Crippen molar-refractivity contribution in [2.24, 2.45) is 0 Å². The molecule has 0 saturated carbocycles. The van der Waals surface area contributed by atoms with Crippen LogP contribution in [-0.2, 0) is 16.2 Å². The molecule has 1 heterocycles. The molecule has 3 amide bonds. The van der Waals surface area contributed by atoms with Gasteiger partial charge < -0.3 is 10.1 Å². The van der Waals surface area contributed by atoms with Crippen molar-refractivity contribution in [2.75, 3.05) is 11.9 Å². The van der Waals surface area contributed by atoms with Crippen molar-refractivity contribution in [1.29, 1.82) is 0 Å². The summed E-state index contributed by atoms with van der Waals surface area (Å²) in [4.78, 5) is 38.5. The Balaban J connectivity index is 1.36. The molecule has 0 spiro atoms. The van der Waals surface area contributed by atoms with Gasteiger partial charge in [0.15, 0.2) is 0 Å². The Bertz CT molecular complexity index is 1270. The van der Waals surface area contributed by atoms with E-state index in [1.54, 1.807) is 60.7 Å². The quantitative estimate of drug-likeness (QED) is 0.463. The Morgan fingerprint density at radius 2 is 1.82 bits per heavy atom. The number of halogens is 1. The first-order valence-corrected chi connectivity index (χ1v) is 11.3. The Hall–Kier alpha value is -3.91. The Labute approximate surface area is 200 Å². The van der Waals surface area contributed by atoms with Crippen LogP contribution in [0.5, 0.6) is 5.75 Å². The van der Waals surface area contributed by atoms with E-state index >= 15 is 0 Å². The van der Waals surface area contributed by atoms with E-state index in [1.807, 2.05) is 19.1 Å². The normalized spacial score (nSPS) is 14.5. The average Bonchev–Trinajstić information content (AvgIpc) is 3.07. The fraction of sp³-hybridized carbons (Fsp3) is 0.115. The number of benzene rings is 3. The summed E-state index contributed by atoms with van der Waals surface area (Å²) >= 11 is 0.786. The SMILES string of the molecule is Cc1cccc(NC(=O)CN2C(=O)S/C(=C/c3ccc(OCc4ccccc4F)cc3)C2=O)c1. The number of nitrogens with zero attached hydrogens (tertiary/aromatic N) is 1. The zero-order valence-corrected chi connectivity index (χ0v) is 19.1. The van der Waals surface area contributed by atoms with Crippen molar-refractivity contribution in [2.45, 2.75) is 13.5 Å². The Morgan fingerprint density at radius 1 is 1.06 bits per heavy atom. The second kappa shape index (κ2) is 10.4. The Kier molecular flexibility index (Phi) is 7.08. The third-order valence-corrected chi connectivity index (χ3v) is 5.91. The zero-order chi connectivity index (χ0) is 24.1. The van der Waals surface area contributed by atoms with Crippen molar-refractivity contribution >= 4 is 40.6 Å². The molecule has 8 heteroatoms. The molecule has 1 saturated heterocycles. The number of rotatable bonds is 7. The zero-order valence-electron chi connectivity index (χ0n) is 18.3. The molecule has 1 aliphatic heterocycles. The smallest absolute Gasteiger partial charge is 0.294 e. The van der Waals surface area contributed by atoms with Crippen molar-refractivity contribution < 1.29 is 23.5 Å². The van der Waals surface area contributed by atoms with Crippen molar-refractivity contribution in [3.05, 3.63) is 100 Å². The van der Waals surface area contributed by atoms with Crippen LogP contribution in [0, 0.1) is 12.7 Å². The lowest BCUT2D eigenvalue weighted by molar-refractivity contribution is -0.127. The maximum atomic E-state index is 13.7. The number of carbonyl (C=O) groups excluding carboxylic acids is 3. The Morgan fingerprint density at radius 3 is 2.56 bits per heavy atom. The van der Waals surface area contributed by atoms with Crippen molar-refractivity contribution in [1.82, 2.24) is 4.90 Å². The van der Waals surface area contributed by atoms with Crippen LogP contribution in [0.1, 0.15) is 16.7 Å². The van der Waals surface area contributed by atoms with Gasteiger partial charge >= 0.3 is 0 Å². The highest BCUT2D eigenvalue weighted by atomic mass is 32.2. The number of carbonyl (C=O) groups is 3. The van der Waals surface area contributed by atoms with Crippen LogP contribution < -0.4 is 10.1 Å². The molecule has 3 aromatic rings. The monoisotopic (exact) mass is 476 g/mol. The summed E-state index contributed by atoms with van der Waals surface area (Å²) in [5.41, 5.74) is 2.72. The summed E-state index contributed by atoms with van der Waals surface area (Å²) in [7, 11) is 0. The van der Waals surface area contributed by atoms with E-state index in [0.717, 1.165) is 22.2 Å². The van der Waals surface area contributed by atoms with E-state index in [9.17, 15) is 18.8 Å². The van der Waals surface area contributed by atoms with Gasteiger partial charge in [-0.25, -0.2) is 4.39 Å². The van der Waals surface area contributed by atoms with Gasteiger partial charge in [-0.1, -0.05) is 42.5 Å². The first kappa shape index (κ1) is 23.3. The fourth-order valence-electron chi connectivity index (χ4n) is 3.29. The number of thioether (sulfide) groups is 1. The summed E-state index contributed by atoms with van der Waals surface area (Å²) in [6, 6.07) is 20.5. The first-order valence-electron chi connectivity index (χ1n) is 10.5. The molecule has 0 aromatic heterocycles. The molecule has 0 unspecified atom stereocenters. The predicted molar refractivity (Wildman–Crippen MR) is 130 cm³/mol. The largest absolute Gasteiger partial charge is 0.489 e. The van der Waals surface area contributed by atoms with Crippen molar-refractivity contribution in [3.63, 3.8) is 0 Å². The second-order valence-corrected chi connectivity index (χ2v) is 8.63. The van der Waals surface area contributed by atoms with Gasteiger partial charge in [0.2, 0.25) is 5.91 Å². The summed E-state index contributed by atoms with van der Waals surface area (Å²) in [5, 5.41) is 2.20. The number of anilines is 1. The lowest BCUT2D eigenvalue weighted by Gasteiger charge is -2.12. The van der Waals surface area contributed by atoms with Gasteiger partial charge in [-0.3, -0.25) is 19.3 Å². The van der Waals surface area contributed by atoms with Gasteiger partial charge in [-0.2, -0.15) is 0 Å². The van der Waals surface area contributed by atoms with Crippen LogP contribution in [0.25, 0.3) is 6.08 Å². The molecule has 3 aromatic carbocycles. The number of hydrogen-bond acceptors (Lipinski definition) is 5. The van der Waals surface area contributed by atoms with Crippen LogP contribution in [0.3, 0.4) is 0 Å². The van der Waals surface area contributed by atoms with Crippen LogP contribution in [0.4, 0.5) is 14.9 Å². The third kappa shape index (κ3) is 5.71. The van der Waals surface area contributed by atoms with Gasteiger partial charge in [0.25, 0.3) is 11.1 Å². The van der Waals surface area contributed by atoms with Gasteiger partial charge in [0.05, 0.1) is 4.91 Å². The summed E-state index contributed by atoms with van der Waals surface area (Å²) in [5.74, 6) is -0.761. The highest BCUT2D eigenvalue weighted by Crippen LogP contribution is 2.32. The minimum absolute atomic E-state index is 0.0928. The molecular weight excluding hydrogens is 455 g/mol. The second-order valence-electron chi connectivity index (χ2n) is 7.63. The van der Waals surface area contributed by atoms with Gasteiger partial charge in [-0.05, 0) is 66.2 Å². The molecular formula is C26H21FN2O4S. The van der Waals surface area contributed by atoms with Gasteiger partial charge in [0, 0.05) is 11.3 Å².